The third kappa shape index (κ3) is 2.84. The summed E-state index contributed by atoms with van der Waals surface area (Å²) in [6.07, 6.45) is 7.75. The van der Waals surface area contributed by atoms with Crippen molar-refractivity contribution in [3.05, 3.63) is 29.3 Å². The van der Waals surface area contributed by atoms with Gasteiger partial charge in [-0.3, -0.25) is 9.79 Å². The lowest BCUT2D eigenvalue weighted by molar-refractivity contribution is 0.0951. The second-order valence-corrected chi connectivity index (χ2v) is 9.56. The molecule has 3 fully saturated rings. The Bertz CT molecular complexity index is 1040. The van der Waals surface area contributed by atoms with Gasteiger partial charge in [-0.05, 0) is 57.5 Å². The van der Waals surface area contributed by atoms with Crippen molar-refractivity contribution in [2.75, 3.05) is 38.1 Å². The number of carbonyl (C=O) groups excluding carboxylic acids is 1. The van der Waals surface area contributed by atoms with Crippen LogP contribution in [0.4, 0.5) is 5.69 Å². The van der Waals surface area contributed by atoms with Crippen LogP contribution in [0, 0.1) is 6.92 Å². The van der Waals surface area contributed by atoms with Gasteiger partial charge < -0.3 is 20.0 Å². The Morgan fingerprint density at radius 3 is 2.90 bits per heavy atom. The SMILES string of the molecule is Cc1ccc(C(=O)NC2CC2)cc1N1C=NC23CC12N=CN=C3N1CCCN(C)CC1.[HH]. The van der Waals surface area contributed by atoms with E-state index in [1.165, 1.54) is 0 Å². The number of hydrogen-bond donors (Lipinski definition) is 1. The molecule has 3 heterocycles. The summed E-state index contributed by atoms with van der Waals surface area (Å²) in [5.41, 5.74) is 1.96. The summed E-state index contributed by atoms with van der Waals surface area (Å²) >= 11 is 0. The third-order valence-corrected chi connectivity index (χ3v) is 7.32. The Kier molecular flexibility index (Phi) is 4.06. The molecule has 2 unspecified atom stereocenters. The van der Waals surface area contributed by atoms with E-state index in [0.29, 0.717) is 11.6 Å². The number of amidine groups is 1. The number of aryl methyl sites for hydroxylation is 1. The number of nitrogens with one attached hydrogen (secondary N) is 1. The lowest BCUT2D eigenvalue weighted by atomic mass is 10.1. The summed E-state index contributed by atoms with van der Waals surface area (Å²) in [6.45, 7) is 6.19. The van der Waals surface area contributed by atoms with Gasteiger partial charge in [0.25, 0.3) is 5.91 Å². The maximum absolute atomic E-state index is 12.6. The molecule has 8 nitrogen and oxygen atoms in total. The molecular weight excluding hydrogens is 390 g/mol. The van der Waals surface area contributed by atoms with Gasteiger partial charge in [0.2, 0.25) is 0 Å². The van der Waals surface area contributed by atoms with Crippen molar-refractivity contribution in [1.82, 2.24) is 15.1 Å². The van der Waals surface area contributed by atoms with Crippen molar-refractivity contribution < 1.29 is 6.22 Å². The Hall–Kier alpha value is -2.74. The predicted molar refractivity (Wildman–Crippen MR) is 124 cm³/mol. The van der Waals surface area contributed by atoms with Crippen molar-refractivity contribution in [3.8, 4) is 0 Å². The zero-order valence-electron chi connectivity index (χ0n) is 18.2. The molecule has 1 aromatic carbocycles. The average Bonchev–Trinajstić information content (AvgIpc) is 3.66. The quantitative estimate of drug-likeness (QED) is 0.809. The molecule has 3 aliphatic heterocycles. The van der Waals surface area contributed by atoms with Crippen molar-refractivity contribution in [2.45, 2.75) is 49.9 Å². The van der Waals surface area contributed by atoms with Crippen LogP contribution in [-0.2, 0) is 0 Å². The van der Waals surface area contributed by atoms with Gasteiger partial charge in [0.05, 0.1) is 6.34 Å². The van der Waals surface area contributed by atoms with Gasteiger partial charge >= 0.3 is 0 Å². The van der Waals surface area contributed by atoms with E-state index in [2.05, 4.69) is 34.0 Å². The highest BCUT2D eigenvalue weighted by molar-refractivity contribution is 6.10. The van der Waals surface area contributed by atoms with Crippen LogP contribution in [0.25, 0.3) is 0 Å². The molecule has 1 N–H and O–H groups in total. The number of likely N-dealkylation sites (N-methyl/N-ethyl adjacent to an activating group) is 1. The molecule has 0 radical (unpaired) electrons. The minimum atomic E-state index is -0.446. The minimum absolute atomic E-state index is 0. The first kappa shape index (κ1) is 19.0. The molecule has 0 bridgehead atoms. The van der Waals surface area contributed by atoms with Gasteiger partial charge in [-0.25, -0.2) is 9.98 Å². The van der Waals surface area contributed by atoms with Crippen molar-refractivity contribution in [3.63, 3.8) is 0 Å². The zero-order valence-corrected chi connectivity index (χ0v) is 18.2. The van der Waals surface area contributed by atoms with Crippen LogP contribution in [-0.4, -0.2) is 84.7 Å². The Balaban J connectivity index is 0.00000216. The van der Waals surface area contributed by atoms with Crippen molar-refractivity contribution in [2.24, 2.45) is 15.0 Å². The van der Waals surface area contributed by atoms with E-state index in [-0.39, 0.29) is 7.33 Å². The van der Waals surface area contributed by atoms with Crippen LogP contribution >= 0.6 is 0 Å². The molecule has 2 aliphatic carbocycles. The molecule has 0 aromatic heterocycles. The summed E-state index contributed by atoms with van der Waals surface area (Å²) in [4.78, 5) is 34.2. The molecular formula is C23H31N7O. The van der Waals surface area contributed by atoms with Crippen LogP contribution in [0.2, 0.25) is 0 Å². The molecule has 8 heteroatoms. The Morgan fingerprint density at radius 1 is 1.19 bits per heavy atom. The number of rotatable bonds is 3. The lowest BCUT2D eigenvalue weighted by Crippen LogP contribution is -2.49. The molecule has 1 aromatic rings. The number of anilines is 1. The summed E-state index contributed by atoms with van der Waals surface area (Å²) in [6, 6.07) is 6.27. The average molecular weight is 422 g/mol. The Labute approximate surface area is 184 Å². The van der Waals surface area contributed by atoms with Crippen molar-refractivity contribution >= 4 is 30.1 Å². The lowest BCUT2D eigenvalue weighted by Gasteiger charge is -2.32. The van der Waals surface area contributed by atoms with Crippen LogP contribution in [0.3, 0.4) is 0 Å². The van der Waals surface area contributed by atoms with Gasteiger partial charge in [-0.2, -0.15) is 0 Å². The molecule has 2 atom stereocenters. The molecule has 1 amide bonds. The zero-order chi connectivity index (χ0) is 21.2. The van der Waals surface area contributed by atoms with Gasteiger partial charge in [0, 0.05) is 44.8 Å². The van der Waals surface area contributed by atoms with Crippen LogP contribution in [0.5, 0.6) is 0 Å². The second kappa shape index (κ2) is 6.63. The molecule has 0 spiro atoms. The smallest absolute Gasteiger partial charge is 0.251 e. The van der Waals surface area contributed by atoms with Crippen molar-refractivity contribution in [1.29, 1.82) is 0 Å². The predicted octanol–water partition coefficient (Wildman–Crippen LogP) is 1.90. The van der Waals surface area contributed by atoms with E-state index in [4.69, 9.17) is 15.0 Å². The first-order valence-electron chi connectivity index (χ1n) is 11.3. The fourth-order valence-corrected chi connectivity index (χ4v) is 5.18. The molecule has 1 saturated heterocycles. The summed E-state index contributed by atoms with van der Waals surface area (Å²) in [5.74, 6) is 1.05. The minimum Gasteiger partial charge on any atom is -0.356 e. The van der Waals surface area contributed by atoms with Gasteiger partial charge in [-0.15, -0.1) is 0 Å². The number of nitrogens with zero attached hydrogens (tertiary/aromatic N) is 6. The molecule has 164 valence electrons. The summed E-state index contributed by atoms with van der Waals surface area (Å²) in [5, 5.41) is 3.09. The largest absolute Gasteiger partial charge is 0.356 e. The van der Waals surface area contributed by atoms with E-state index < -0.39 is 11.2 Å². The van der Waals surface area contributed by atoms with E-state index in [0.717, 1.165) is 68.9 Å². The molecule has 2 saturated carbocycles. The topological polar surface area (TPSA) is 75.9 Å². The number of carbonyl (C=O) groups is 1. The summed E-state index contributed by atoms with van der Waals surface area (Å²) in [7, 11) is 2.18. The molecule has 6 rings (SSSR count). The molecule has 5 aliphatic rings. The van der Waals surface area contributed by atoms with E-state index in [1.54, 1.807) is 6.34 Å². The maximum Gasteiger partial charge on any atom is 0.251 e. The molecule has 31 heavy (non-hydrogen) atoms. The highest BCUT2D eigenvalue weighted by atomic mass is 16.1. The fraction of sp³-hybridized carbons (Fsp3) is 0.565. The van der Waals surface area contributed by atoms with E-state index in [1.807, 2.05) is 24.5 Å². The highest BCUT2D eigenvalue weighted by Crippen LogP contribution is 2.62. The fourth-order valence-electron chi connectivity index (χ4n) is 5.18. The van der Waals surface area contributed by atoms with Crippen LogP contribution in [0.15, 0.2) is 33.2 Å². The second-order valence-electron chi connectivity index (χ2n) is 9.56. The van der Waals surface area contributed by atoms with Gasteiger partial charge in [0.15, 0.2) is 11.2 Å². The first-order chi connectivity index (χ1) is 15.0. The standard InChI is InChI=1S/C23H29N7O.H2/c1-16-4-5-17(20(31)27-18-6-7-18)12-19(16)30-15-26-22-13-23(22,30)25-14-24-21(22)29-9-3-8-28(2)10-11-29;/h4-5,12,14-15,18H,3,6-11,13H2,1-2H3,(H,27,31);1H. The normalized spacial score (nSPS) is 31.7. The third-order valence-electron chi connectivity index (χ3n) is 7.32. The van der Waals surface area contributed by atoms with Gasteiger partial charge in [0.1, 0.15) is 12.2 Å². The van der Waals surface area contributed by atoms with E-state index >= 15 is 0 Å². The summed E-state index contributed by atoms with van der Waals surface area (Å²) < 4.78 is 0. The van der Waals surface area contributed by atoms with Crippen LogP contribution < -0.4 is 10.2 Å². The number of amides is 1. The first-order valence-corrected chi connectivity index (χ1v) is 11.3. The Morgan fingerprint density at radius 2 is 2.06 bits per heavy atom. The maximum atomic E-state index is 12.6. The highest BCUT2D eigenvalue weighted by Gasteiger charge is 2.79. The van der Waals surface area contributed by atoms with Crippen LogP contribution in [0.1, 0.15) is 43.0 Å². The van der Waals surface area contributed by atoms with E-state index in [9.17, 15) is 4.79 Å². The number of hydrogen-bond acceptors (Lipinski definition) is 7. The monoisotopic (exact) mass is 421 g/mol. The number of aliphatic imine (C=N–C) groups is 3. The van der Waals surface area contributed by atoms with Gasteiger partial charge in [-0.1, -0.05) is 6.07 Å². The number of benzene rings is 1.